The molecule has 1 aliphatic heterocycles. The summed E-state index contributed by atoms with van der Waals surface area (Å²) in [5.74, 6) is 2.13. The van der Waals surface area contributed by atoms with E-state index in [-0.39, 0.29) is 5.75 Å². The van der Waals surface area contributed by atoms with Crippen LogP contribution < -0.4 is 15.4 Å². The van der Waals surface area contributed by atoms with Gasteiger partial charge in [0.05, 0.1) is 0 Å². The third-order valence-corrected chi connectivity index (χ3v) is 4.89. The second kappa shape index (κ2) is 11.2. The van der Waals surface area contributed by atoms with Gasteiger partial charge in [-0.25, -0.2) is 0 Å². The van der Waals surface area contributed by atoms with Crippen LogP contribution >= 0.6 is 0 Å². The lowest BCUT2D eigenvalue weighted by Gasteiger charge is -2.34. The van der Waals surface area contributed by atoms with Crippen molar-refractivity contribution < 1.29 is 13.5 Å². The molecule has 0 amide bonds. The molecule has 158 valence electrons. The van der Waals surface area contributed by atoms with Crippen LogP contribution in [0.15, 0.2) is 23.2 Å². The van der Waals surface area contributed by atoms with E-state index in [4.69, 9.17) is 0 Å². The van der Waals surface area contributed by atoms with Crippen molar-refractivity contribution in [2.75, 3.05) is 33.2 Å². The normalized spacial score (nSPS) is 18.6. The van der Waals surface area contributed by atoms with Crippen LogP contribution in [0.2, 0.25) is 0 Å². The number of benzene rings is 1. The molecule has 0 spiro atoms. The number of likely N-dealkylation sites (tertiary alicyclic amines) is 1. The molecule has 7 heteroatoms. The highest BCUT2D eigenvalue weighted by atomic mass is 19.3. The molecule has 1 aliphatic rings. The molecule has 5 nitrogen and oxygen atoms in total. The number of rotatable bonds is 8. The van der Waals surface area contributed by atoms with Crippen molar-refractivity contribution in [1.29, 1.82) is 0 Å². The molecule has 2 N–H and O–H groups in total. The highest BCUT2D eigenvalue weighted by Gasteiger charge is 2.20. The summed E-state index contributed by atoms with van der Waals surface area (Å²) in [5.41, 5.74) is 1.68. The number of halogens is 2. The van der Waals surface area contributed by atoms with E-state index in [0.717, 1.165) is 25.2 Å². The predicted molar refractivity (Wildman–Crippen MR) is 110 cm³/mol. The zero-order valence-electron chi connectivity index (χ0n) is 17.5. The Morgan fingerprint density at radius 1 is 1.32 bits per heavy atom. The van der Waals surface area contributed by atoms with Crippen molar-refractivity contribution in [2.24, 2.45) is 16.8 Å². The van der Waals surface area contributed by atoms with E-state index >= 15 is 0 Å². The number of hydrogen-bond donors (Lipinski definition) is 2. The van der Waals surface area contributed by atoms with Gasteiger partial charge in [0.15, 0.2) is 5.96 Å². The summed E-state index contributed by atoms with van der Waals surface area (Å²) in [6, 6.07) is 5.20. The number of ether oxygens (including phenoxy) is 1. The van der Waals surface area contributed by atoms with E-state index in [1.54, 1.807) is 19.2 Å². The highest BCUT2D eigenvalue weighted by molar-refractivity contribution is 5.79. The Morgan fingerprint density at radius 3 is 2.79 bits per heavy atom. The minimum atomic E-state index is -2.83. The maximum absolute atomic E-state index is 12.6. The van der Waals surface area contributed by atoms with Crippen LogP contribution in [0.1, 0.15) is 37.8 Å². The fourth-order valence-electron chi connectivity index (χ4n) is 3.70. The fourth-order valence-corrected chi connectivity index (χ4v) is 3.70. The van der Waals surface area contributed by atoms with Gasteiger partial charge in [0.25, 0.3) is 0 Å². The number of piperidine rings is 1. The number of hydrogen-bond acceptors (Lipinski definition) is 3. The zero-order chi connectivity index (χ0) is 20.5. The molecular formula is C21H34F2N4O. The van der Waals surface area contributed by atoms with Gasteiger partial charge in [0, 0.05) is 38.8 Å². The minimum absolute atomic E-state index is 0.195. The largest absolute Gasteiger partial charge is 0.434 e. The van der Waals surface area contributed by atoms with Gasteiger partial charge in [-0.1, -0.05) is 31.5 Å². The SMILES string of the molecule is CN=C(NCc1cc(C)ccc1OC(F)F)NCC1CCCN(CC(C)C)C1. The number of aliphatic imine (C=N–C) groups is 1. The standard InChI is InChI=1S/C21H34F2N4O/c1-15(2)13-27-9-5-6-17(14-27)11-25-21(24-4)26-12-18-10-16(3)7-8-19(18)28-20(22)23/h7-8,10,15,17,20H,5-6,9,11-14H2,1-4H3,(H2,24,25,26). The van der Waals surface area contributed by atoms with E-state index in [2.05, 4.69) is 39.1 Å². The van der Waals surface area contributed by atoms with Gasteiger partial charge in [-0.2, -0.15) is 8.78 Å². The monoisotopic (exact) mass is 396 g/mol. The van der Waals surface area contributed by atoms with Gasteiger partial charge in [0.2, 0.25) is 0 Å². The summed E-state index contributed by atoms with van der Waals surface area (Å²) in [6.45, 7) is 8.25. The molecule has 1 fully saturated rings. The molecule has 1 atom stereocenters. The van der Waals surface area contributed by atoms with Crippen LogP contribution in [0, 0.1) is 18.8 Å². The highest BCUT2D eigenvalue weighted by Crippen LogP contribution is 2.22. The second-order valence-corrected chi connectivity index (χ2v) is 7.96. The maximum atomic E-state index is 12.6. The van der Waals surface area contributed by atoms with E-state index in [9.17, 15) is 8.78 Å². The third-order valence-electron chi connectivity index (χ3n) is 4.89. The molecule has 1 saturated heterocycles. The molecule has 1 aromatic rings. The lowest BCUT2D eigenvalue weighted by molar-refractivity contribution is -0.0504. The number of alkyl halides is 2. The Hall–Kier alpha value is -1.89. The smallest absolute Gasteiger partial charge is 0.387 e. The zero-order valence-corrected chi connectivity index (χ0v) is 17.5. The summed E-state index contributed by atoms with van der Waals surface area (Å²) in [5, 5.41) is 6.59. The van der Waals surface area contributed by atoms with Gasteiger partial charge >= 0.3 is 6.61 Å². The molecule has 28 heavy (non-hydrogen) atoms. The maximum Gasteiger partial charge on any atom is 0.387 e. The Balaban J connectivity index is 1.86. The first-order chi connectivity index (χ1) is 13.4. The quantitative estimate of drug-likeness (QED) is 0.520. The Kier molecular flexibility index (Phi) is 8.96. The van der Waals surface area contributed by atoms with Gasteiger partial charge in [-0.05, 0) is 44.2 Å². The summed E-state index contributed by atoms with van der Waals surface area (Å²) in [7, 11) is 1.72. The summed E-state index contributed by atoms with van der Waals surface area (Å²) < 4.78 is 29.9. The predicted octanol–water partition coefficient (Wildman–Crippen LogP) is 3.63. The first-order valence-electron chi connectivity index (χ1n) is 10.1. The topological polar surface area (TPSA) is 48.9 Å². The van der Waals surface area contributed by atoms with E-state index in [1.807, 2.05) is 13.0 Å². The van der Waals surface area contributed by atoms with Crippen LogP contribution in [0.5, 0.6) is 5.75 Å². The van der Waals surface area contributed by atoms with Crippen LogP contribution in [0.4, 0.5) is 8.78 Å². The molecular weight excluding hydrogens is 362 g/mol. The van der Waals surface area contributed by atoms with E-state index < -0.39 is 6.61 Å². The lowest BCUT2D eigenvalue weighted by atomic mass is 9.97. The number of nitrogens with zero attached hydrogens (tertiary/aromatic N) is 2. The Morgan fingerprint density at radius 2 is 2.11 bits per heavy atom. The fraction of sp³-hybridized carbons (Fsp3) is 0.667. The van der Waals surface area contributed by atoms with Gasteiger partial charge < -0.3 is 20.3 Å². The van der Waals surface area contributed by atoms with Gasteiger partial charge in [-0.3, -0.25) is 4.99 Å². The lowest BCUT2D eigenvalue weighted by Crippen LogP contribution is -2.45. The molecule has 1 heterocycles. The molecule has 0 bridgehead atoms. The molecule has 0 aliphatic carbocycles. The molecule has 1 aromatic carbocycles. The van der Waals surface area contributed by atoms with E-state index in [0.29, 0.717) is 29.9 Å². The van der Waals surface area contributed by atoms with Crippen LogP contribution in [-0.4, -0.2) is 50.7 Å². The van der Waals surface area contributed by atoms with Gasteiger partial charge in [0.1, 0.15) is 5.75 Å². The molecule has 0 aromatic heterocycles. The van der Waals surface area contributed by atoms with Gasteiger partial charge in [-0.15, -0.1) is 0 Å². The molecule has 1 unspecified atom stereocenters. The molecule has 0 saturated carbocycles. The molecule has 2 rings (SSSR count). The average molecular weight is 397 g/mol. The summed E-state index contributed by atoms with van der Waals surface area (Å²) in [4.78, 5) is 6.80. The van der Waals surface area contributed by atoms with Crippen molar-refractivity contribution >= 4 is 5.96 Å². The second-order valence-electron chi connectivity index (χ2n) is 7.96. The Labute approximate surface area is 167 Å². The first-order valence-corrected chi connectivity index (χ1v) is 10.1. The van der Waals surface area contributed by atoms with E-state index in [1.165, 1.54) is 19.4 Å². The minimum Gasteiger partial charge on any atom is -0.434 e. The van der Waals surface area contributed by atoms with Crippen molar-refractivity contribution in [2.45, 2.75) is 46.8 Å². The van der Waals surface area contributed by atoms with Crippen LogP contribution in [0.25, 0.3) is 0 Å². The number of nitrogens with one attached hydrogen (secondary N) is 2. The average Bonchev–Trinajstić information content (AvgIpc) is 2.63. The van der Waals surface area contributed by atoms with Crippen LogP contribution in [-0.2, 0) is 6.54 Å². The number of aryl methyl sites for hydroxylation is 1. The number of guanidine groups is 1. The van der Waals surface area contributed by atoms with Crippen molar-refractivity contribution in [3.63, 3.8) is 0 Å². The van der Waals surface area contributed by atoms with Crippen molar-refractivity contribution in [3.05, 3.63) is 29.3 Å². The third kappa shape index (κ3) is 7.62. The first kappa shape index (κ1) is 22.4. The molecule has 0 radical (unpaired) electrons. The van der Waals surface area contributed by atoms with Crippen molar-refractivity contribution in [3.8, 4) is 5.75 Å². The van der Waals surface area contributed by atoms with Crippen molar-refractivity contribution in [1.82, 2.24) is 15.5 Å². The Bertz CT molecular complexity index is 637. The summed E-state index contributed by atoms with van der Waals surface area (Å²) in [6.07, 6.45) is 2.44. The summed E-state index contributed by atoms with van der Waals surface area (Å²) >= 11 is 0. The van der Waals surface area contributed by atoms with Crippen LogP contribution in [0.3, 0.4) is 0 Å².